The van der Waals surface area contributed by atoms with Gasteiger partial charge in [0.15, 0.2) is 0 Å². The number of furan rings is 1. The summed E-state index contributed by atoms with van der Waals surface area (Å²) in [6, 6.07) is 75.9. The van der Waals surface area contributed by atoms with E-state index in [1.165, 1.54) is 44.2 Å². The van der Waals surface area contributed by atoms with E-state index >= 15 is 0 Å². The highest BCUT2D eigenvalue weighted by molar-refractivity contribution is 6.12. The Bertz CT molecular complexity index is 2920. The third-order valence-electron chi connectivity index (χ3n) is 10.5. The van der Waals surface area contributed by atoms with Crippen LogP contribution in [0.25, 0.3) is 77.2 Å². The predicted molar refractivity (Wildman–Crippen MR) is 228 cm³/mol. The van der Waals surface area contributed by atoms with Crippen LogP contribution in [-0.2, 0) is 0 Å². The number of para-hydroxylation sites is 1. The lowest BCUT2D eigenvalue weighted by molar-refractivity contribution is 0.669. The van der Waals surface area contributed by atoms with Crippen molar-refractivity contribution in [3.05, 3.63) is 212 Å². The zero-order valence-corrected chi connectivity index (χ0v) is 29.6. The second kappa shape index (κ2) is 13.4. The molecule has 10 rings (SSSR count). The maximum absolute atomic E-state index is 6.23. The minimum absolute atomic E-state index is 0.902. The highest BCUT2D eigenvalue weighted by Gasteiger charge is 2.16. The largest absolute Gasteiger partial charge is 0.456 e. The lowest BCUT2D eigenvalue weighted by atomic mass is 9.98. The molecule has 9 aromatic carbocycles. The molecule has 0 aliphatic carbocycles. The molecule has 0 amide bonds. The fraction of sp³-hybridized carbons (Fsp3) is 0. The van der Waals surface area contributed by atoms with Crippen LogP contribution in [0.4, 0.5) is 17.1 Å². The van der Waals surface area contributed by atoms with Gasteiger partial charge in [0.05, 0.1) is 0 Å². The molecule has 0 saturated heterocycles. The summed E-state index contributed by atoms with van der Waals surface area (Å²) in [5, 5.41) is 4.76. The van der Waals surface area contributed by atoms with Crippen LogP contribution in [0.3, 0.4) is 0 Å². The Balaban J connectivity index is 1.06. The normalized spacial score (nSPS) is 11.3. The van der Waals surface area contributed by atoms with Gasteiger partial charge in [0.25, 0.3) is 0 Å². The van der Waals surface area contributed by atoms with Crippen LogP contribution in [0.1, 0.15) is 0 Å². The number of hydrogen-bond donors (Lipinski definition) is 0. The van der Waals surface area contributed by atoms with Gasteiger partial charge in [-0.25, -0.2) is 0 Å². The molecule has 0 radical (unpaired) electrons. The summed E-state index contributed by atoms with van der Waals surface area (Å²) in [5.74, 6) is 0. The molecule has 0 spiro atoms. The van der Waals surface area contributed by atoms with Gasteiger partial charge in [-0.15, -0.1) is 0 Å². The van der Waals surface area contributed by atoms with E-state index in [0.717, 1.165) is 50.1 Å². The van der Waals surface area contributed by atoms with Crippen LogP contribution in [0.15, 0.2) is 217 Å². The molecule has 0 aliphatic heterocycles. The van der Waals surface area contributed by atoms with Gasteiger partial charge in [-0.3, -0.25) is 0 Å². The van der Waals surface area contributed by atoms with Crippen molar-refractivity contribution in [2.45, 2.75) is 0 Å². The second-order valence-electron chi connectivity index (χ2n) is 13.8. The molecule has 0 atom stereocenters. The molecule has 2 heteroatoms. The molecule has 54 heavy (non-hydrogen) atoms. The number of benzene rings is 9. The van der Waals surface area contributed by atoms with Gasteiger partial charge in [0, 0.05) is 27.8 Å². The SMILES string of the molecule is c1ccc(-c2cccc(-c3ccc(N(c4ccc(-c5cccc6oc7ccccc7c56)cc4)c4cccc(-c5ccc6ccccc6c5)c4)cc3)c2)cc1. The summed E-state index contributed by atoms with van der Waals surface area (Å²) >= 11 is 0. The van der Waals surface area contributed by atoms with E-state index < -0.39 is 0 Å². The van der Waals surface area contributed by atoms with Crippen LogP contribution in [0.5, 0.6) is 0 Å². The quantitative estimate of drug-likeness (QED) is 0.166. The summed E-state index contributed by atoms with van der Waals surface area (Å²) in [6.45, 7) is 0. The summed E-state index contributed by atoms with van der Waals surface area (Å²) < 4.78 is 6.23. The van der Waals surface area contributed by atoms with Gasteiger partial charge in [-0.05, 0) is 116 Å². The lowest BCUT2D eigenvalue weighted by Gasteiger charge is -2.26. The molecule has 10 aromatic rings. The third-order valence-corrected chi connectivity index (χ3v) is 10.5. The topological polar surface area (TPSA) is 16.4 Å². The first-order valence-electron chi connectivity index (χ1n) is 18.4. The molecule has 1 heterocycles. The minimum atomic E-state index is 0.902. The Kier molecular flexibility index (Phi) is 7.85. The van der Waals surface area contributed by atoms with E-state index in [4.69, 9.17) is 4.42 Å². The molecule has 1 aromatic heterocycles. The minimum Gasteiger partial charge on any atom is -0.456 e. The fourth-order valence-corrected chi connectivity index (χ4v) is 7.76. The summed E-state index contributed by atoms with van der Waals surface area (Å²) in [7, 11) is 0. The smallest absolute Gasteiger partial charge is 0.136 e. The van der Waals surface area contributed by atoms with Crippen LogP contribution in [0.2, 0.25) is 0 Å². The molecular formula is C52H35NO. The zero-order valence-electron chi connectivity index (χ0n) is 29.6. The standard InChI is InChI=1S/C52H35NO/c1-2-11-36(12-3-1)41-15-8-16-42(33-41)38-25-29-45(30-26-38)53(47-18-9-17-43(35-47)44-24-23-37-13-4-5-14-40(37)34-44)46-31-27-39(28-32-46)48-20-10-22-51-52(48)49-19-6-7-21-50(49)54-51/h1-35H. The van der Waals surface area contributed by atoms with Crippen molar-refractivity contribution in [3.63, 3.8) is 0 Å². The number of hydrogen-bond acceptors (Lipinski definition) is 2. The average molecular weight is 690 g/mol. The predicted octanol–water partition coefficient (Wildman–Crippen LogP) is 14.9. The van der Waals surface area contributed by atoms with Gasteiger partial charge in [-0.2, -0.15) is 0 Å². The molecule has 0 N–H and O–H groups in total. The molecule has 254 valence electrons. The molecule has 0 fully saturated rings. The number of rotatable bonds is 7. The maximum Gasteiger partial charge on any atom is 0.136 e. The van der Waals surface area contributed by atoms with Crippen molar-refractivity contribution in [1.29, 1.82) is 0 Å². The Hall–Kier alpha value is -7.16. The Morgan fingerprint density at radius 3 is 1.61 bits per heavy atom. The van der Waals surface area contributed by atoms with Crippen LogP contribution < -0.4 is 4.90 Å². The van der Waals surface area contributed by atoms with Crippen LogP contribution in [-0.4, -0.2) is 0 Å². The first-order chi connectivity index (χ1) is 26.7. The summed E-state index contributed by atoms with van der Waals surface area (Å²) in [4.78, 5) is 2.35. The first-order valence-corrected chi connectivity index (χ1v) is 18.4. The van der Waals surface area contributed by atoms with Gasteiger partial charge in [0.2, 0.25) is 0 Å². The highest BCUT2D eigenvalue weighted by Crippen LogP contribution is 2.41. The van der Waals surface area contributed by atoms with E-state index in [9.17, 15) is 0 Å². The monoisotopic (exact) mass is 689 g/mol. The Morgan fingerprint density at radius 2 is 0.833 bits per heavy atom. The van der Waals surface area contributed by atoms with Crippen molar-refractivity contribution in [2.75, 3.05) is 4.90 Å². The molecule has 0 bridgehead atoms. The molecule has 0 unspecified atom stereocenters. The zero-order chi connectivity index (χ0) is 35.8. The van der Waals surface area contributed by atoms with Crippen molar-refractivity contribution in [1.82, 2.24) is 0 Å². The van der Waals surface area contributed by atoms with E-state index in [-0.39, 0.29) is 0 Å². The van der Waals surface area contributed by atoms with Gasteiger partial charge >= 0.3 is 0 Å². The van der Waals surface area contributed by atoms with Crippen molar-refractivity contribution in [3.8, 4) is 44.5 Å². The van der Waals surface area contributed by atoms with Crippen LogP contribution >= 0.6 is 0 Å². The Labute approximate surface area is 314 Å². The van der Waals surface area contributed by atoms with E-state index in [0.29, 0.717) is 0 Å². The third kappa shape index (κ3) is 5.81. The number of fused-ring (bicyclic) bond motifs is 4. The van der Waals surface area contributed by atoms with Crippen molar-refractivity contribution >= 4 is 49.8 Å². The van der Waals surface area contributed by atoms with Crippen LogP contribution in [0, 0.1) is 0 Å². The summed E-state index contributed by atoms with van der Waals surface area (Å²) in [5.41, 5.74) is 14.5. The molecule has 0 aliphatic rings. The molecule has 2 nitrogen and oxygen atoms in total. The van der Waals surface area contributed by atoms with Gasteiger partial charge < -0.3 is 9.32 Å². The number of nitrogens with zero attached hydrogens (tertiary/aromatic N) is 1. The molecular weight excluding hydrogens is 655 g/mol. The second-order valence-corrected chi connectivity index (χ2v) is 13.8. The van der Waals surface area contributed by atoms with Crippen molar-refractivity contribution in [2.24, 2.45) is 0 Å². The van der Waals surface area contributed by atoms with Gasteiger partial charge in [-0.1, -0.05) is 152 Å². The molecule has 0 saturated carbocycles. The van der Waals surface area contributed by atoms with Gasteiger partial charge in [0.1, 0.15) is 11.2 Å². The fourth-order valence-electron chi connectivity index (χ4n) is 7.76. The van der Waals surface area contributed by atoms with Crippen molar-refractivity contribution < 1.29 is 4.42 Å². The average Bonchev–Trinajstić information content (AvgIpc) is 3.64. The Morgan fingerprint density at radius 1 is 0.296 bits per heavy atom. The maximum atomic E-state index is 6.23. The summed E-state index contributed by atoms with van der Waals surface area (Å²) in [6.07, 6.45) is 0. The van der Waals surface area contributed by atoms with E-state index in [2.05, 4.69) is 205 Å². The lowest BCUT2D eigenvalue weighted by Crippen LogP contribution is -2.10. The van der Waals surface area contributed by atoms with E-state index in [1.807, 2.05) is 12.1 Å². The number of anilines is 3. The van der Waals surface area contributed by atoms with E-state index in [1.54, 1.807) is 0 Å². The highest BCUT2D eigenvalue weighted by atomic mass is 16.3. The first kappa shape index (κ1) is 31.6.